The molecule has 1 aliphatic heterocycles. The van der Waals surface area contributed by atoms with Gasteiger partial charge in [-0.25, -0.2) is 12.8 Å². The van der Waals surface area contributed by atoms with Gasteiger partial charge in [0.05, 0.1) is 18.8 Å². The second kappa shape index (κ2) is 10.4. The number of anilines is 1. The van der Waals surface area contributed by atoms with Crippen molar-refractivity contribution in [2.24, 2.45) is 5.92 Å². The van der Waals surface area contributed by atoms with Gasteiger partial charge in [0.1, 0.15) is 5.82 Å². The highest BCUT2D eigenvalue weighted by molar-refractivity contribution is 7.88. The van der Waals surface area contributed by atoms with Gasteiger partial charge < -0.3 is 10.2 Å². The van der Waals surface area contributed by atoms with Gasteiger partial charge in [0.25, 0.3) is 0 Å². The minimum absolute atomic E-state index is 0.198. The van der Waals surface area contributed by atoms with Crippen molar-refractivity contribution in [1.29, 1.82) is 0 Å². The van der Waals surface area contributed by atoms with E-state index in [0.717, 1.165) is 29.2 Å². The van der Waals surface area contributed by atoms with E-state index in [-0.39, 0.29) is 24.7 Å². The summed E-state index contributed by atoms with van der Waals surface area (Å²) in [7, 11) is -3.70. The molecule has 174 valence electrons. The van der Waals surface area contributed by atoms with Crippen molar-refractivity contribution in [3.05, 3.63) is 65.5 Å². The average molecular weight is 462 g/mol. The van der Waals surface area contributed by atoms with E-state index in [2.05, 4.69) is 29.3 Å². The zero-order chi connectivity index (χ0) is 23.3. The molecule has 1 heterocycles. The van der Waals surface area contributed by atoms with E-state index in [1.807, 2.05) is 19.1 Å². The summed E-state index contributed by atoms with van der Waals surface area (Å²) in [5.41, 5.74) is 2.33. The van der Waals surface area contributed by atoms with Crippen LogP contribution in [-0.2, 0) is 21.4 Å². The van der Waals surface area contributed by atoms with Crippen molar-refractivity contribution in [3.63, 3.8) is 0 Å². The summed E-state index contributed by atoms with van der Waals surface area (Å²) in [6.07, 6.45) is 3.48. The van der Waals surface area contributed by atoms with Crippen LogP contribution >= 0.6 is 0 Å². The van der Waals surface area contributed by atoms with E-state index in [1.165, 1.54) is 36.7 Å². The molecule has 1 N–H and O–H groups in total. The number of piperidine rings is 1. The Balaban J connectivity index is 1.61. The molecule has 0 saturated carbocycles. The van der Waals surface area contributed by atoms with Crippen LogP contribution in [0.25, 0.3) is 0 Å². The van der Waals surface area contributed by atoms with Crippen molar-refractivity contribution in [2.45, 2.75) is 39.3 Å². The summed E-state index contributed by atoms with van der Waals surface area (Å²) < 4.78 is 39.3. The third-order valence-corrected chi connectivity index (χ3v) is 7.08. The molecular weight excluding hydrogens is 429 g/mol. The van der Waals surface area contributed by atoms with E-state index in [9.17, 15) is 17.6 Å². The number of halogens is 1. The highest BCUT2D eigenvalue weighted by Crippen LogP contribution is 2.24. The van der Waals surface area contributed by atoms with Crippen molar-refractivity contribution >= 4 is 21.6 Å². The first kappa shape index (κ1) is 24.2. The number of sulfonamides is 1. The highest BCUT2D eigenvalue weighted by atomic mass is 32.2. The SMILES string of the molecule is C[C@H]1CCCN(c2ccc([C@@H](C)NC(=O)CN(Cc3ccccc3F)S(C)(=O)=O)cc2)C1. The van der Waals surface area contributed by atoms with E-state index < -0.39 is 21.7 Å². The predicted octanol–water partition coefficient (Wildman–Crippen LogP) is 3.70. The van der Waals surface area contributed by atoms with Crippen LogP contribution in [0, 0.1) is 11.7 Å². The van der Waals surface area contributed by atoms with Gasteiger partial charge in [0, 0.05) is 30.9 Å². The number of hydrogen-bond donors (Lipinski definition) is 1. The van der Waals surface area contributed by atoms with Crippen molar-refractivity contribution in [2.75, 3.05) is 30.8 Å². The Morgan fingerprint density at radius 2 is 1.91 bits per heavy atom. The average Bonchev–Trinajstić information content (AvgIpc) is 2.74. The van der Waals surface area contributed by atoms with Gasteiger partial charge in [-0.05, 0) is 49.4 Å². The second-order valence-electron chi connectivity index (χ2n) is 8.70. The van der Waals surface area contributed by atoms with Gasteiger partial charge in [0.2, 0.25) is 15.9 Å². The maximum atomic E-state index is 14.0. The molecule has 0 aromatic heterocycles. The molecular formula is C24H32FN3O3S. The second-order valence-corrected chi connectivity index (χ2v) is 10.7. The molecule has 0 spiro atoms. The van der Waals surface area contributed by atoms with Gasteiger partial charge in [-0.3, -0.25) is 4.79 Å². The number of nitrogens with zero attached hydrogens (tertiary/aromatic N) is 2. The molecule has 0 aliphatic carbocycles. The normalized spacial score (nSPS) is 17.9. The van der Waals surface area contributed by atoms with Gasteiger partial charge in [-0.2, -0.15) is 4.31 Å². The van der Waals surface area contributed by atoms with E-state index in [1.54, 1.807) is 6.07 Å². The number of amides is 1. The minimum Gasteiger partial charge on any atom is -0.371 e. The summed E-state index contributed by atoms with van der Waals surface area (Å²) in [5, 5.41) is 2.85. The lowest BCUT2D eigenvalue weighted by Gasteiger charge is -2.33. The summed E-state index contributed by atoms with van der Waals surface area (Å²) in [6.45, 7) is 5.66. The number of carbonyl (C=O) groups is 1. The Bertz CT molecular complexity index is 1030. The maximum absolute atomic E-state index is 14.0. The van der Waals surface area contributed by atoms with Gasteiger partial charge in [-0.15, -0.1) is 0 Å². The topological polar surface area (TPSA) is 69.7 Å². The quantitative estimate of drug-likeness (QED) is 0.651. The molecule has 2 atom stereocenters. The fourth-order valence-electron chi connectivity index (χ4n) is 4.04. The van der Waals surface area contributed by atoms with Crippen LogP contribution in [0.15, 0.2) is 48.5 Å². The predicted molar refractivity (Wildman–Crippen MR) is 125 cm³/mol. The smallest absolute Gasteiger partial charge is 0.235 e. The van der Waals surface area contributed by atoms with E-state index >= 15 is 0 Å². The number of nitrogens with one attached hydrogen (secondary N) is 1. The zero-order valence-electron chi connectivity index (χ0n) is 18.9. The van der Waals surface area contributed by atoms with Crippen LogP contribution in [0.4, 0.5) is 10.1 Å². The number of benzene rings is 2. The number of hydrogen-bond acceptors (Lipinski definition) is 4. The van der Waals surface area contributed by atoms with Crippen LogP contribution in [0.5, 0.6) is 0 Å². The van der Waals surface area contributed by atoms with E-state index in [4.69, 9.17) is 0 Å². The summed E-state index contributed by atoms with van der Waals surface area (Å²) in [6, 6.07) is 13.8. The Morgan fingerprint density at radius 1 is 1.22 bits per heavy atom. The van der Waals surface area contributed by atoms with Crippen molar-refractivity contribution < 1.29 is 17.6 Å². The fraction of sp³-hybridized carbons (Fsp3) is 0.458. The lowest BCUT2D eigenvalue weighted by molar-refractivity contribution is -0.122. The fourth-order valence-corrected chi connectivity index (χ4v) is 4.76. The third-order valence-electron chi connectivity index (χ3n) is 5.89. The lowest BCUT2D eigenvalue weighted by Crippen LogP contribution is -2.40. The lowest BCUT2D eigenvalue weighted by atomic mass is 9.99. The monoisotopic (exact) mass is 461 g/mol. The third kappa shape index (κ3) is 6.53. The first-order valence-electron chi connectivity index (χ1n) is 11.0. The highest BCUT2D eigenvalue weighted by Gasteiger charge is 2.23. The maximum Gasteiger partial charge on any atom is 0.235 e. The van der Waals surface area contributed by atoms with Crippen LogP contribution < -0.4 is 10.2 Å². The Morgan fingerprint density at radius 3 is 2.53 bits per heavy atom. The van der Waals surface area contributed by atoms with Gasteiger partial charge in [0.15, 0.2) is 0 Å². The molecule has 1 fully saturated rings. The molecule has 3 rings (SSSR count). The molecule has 1 saturated heterocycles. The van der Waals surface area contributed by atoms with Crippen LogP contribution in [0.3, 0.4) is 0 Å². The molecule has 2 aromatic carbocycles. The largest absolute Gasteiger partial charge is 0.371 e. The molecule has 0 bridgehead atoms. The molecule has 32 heavy (non-hydrogen) atoms. The zero-order valence-corrected chi connectivity index (χ0v) is 19.7. The minimum atomic E-state index is -3.70. The molecule has 0 unspecified atom stereocenters. The van der Waals surface area contributed by atoms with Crippen LogP contribution in [-0.4, -0.2) is 44.5 Å². The van der Waals surface area contributed by atoms with Gasteiger partial charge in [-0.1, -0.05) is 37.3 Å². The number of rotatable bonds is 8. The summed E-state index contributed by atoms with van der Waals surface area (Å²) in [5.74, 6) is -0.255. The molecule has 1 amide bonds. The van der Waals surface area contributed by atoms with Crippen molar-refractivity contribution in [1.82, 2.24) is 9.62 Å². The molecule has 6 nitrogen and oxygen atoms in total. The molecule has 8 heteroatoms. The molecule has 0 radical (unpaired) electrons. The van der Waals surface area contributed by atoms with Crippen molar-refractivity contribution in [3.8, 4) is 0 Å². The number of carbonyl (C=O) groups excluding carboxylic acids is 1. The molecule has 1 aliphatic rings. The van der Waals surface area contributed by atoms with Crippen LogP contribution in [0.1, 0.15) is 43.9 Å². The Labute approximate surface area is 190 Å². The Hall–Kier alpha value is -2.45. The molecule has 2 aromatic rings. The summed E-state index contributed by atoms with van der Waals surface area (Å²) in [4.78, 5) is 15.0. The van der Waals surface area contributed by atoms with E-state index in [0.29, 0.717) is 5.92 Å². The summed E-state index contributed by atoms with van der Waals surface area (Å²) >= 11 is 0. The first-order valence-corrected chi connectivity index (χ1v) is 12.8. The first-order chi connectivity index (χ1) is 15.1. The Kier molecular flexibility index (Phi) is 7.90. The van der Waals surface area contributed by atoms with Crippen LogP contribution in [0.2, 0.25) is 0 Å². The standard InChI is InChI=1S/C24H32FN3O3S/c1-18-7-6-14-27(15-18)22-12-10-20(11-13-22)19(2)26-24(29)17-28(32(3,30)31)16-21-8-4-5-9-23(21)25/h4-5,8-13,18-19H,6-7,14-17H2,1-3H3,(H,26,29)/t18-,19+/m0/s1. The van der Waals surface area contributed by atoms with Gasteiger partial charge >= 0.3 is 0 Å².